The minimum Gasteiger partial charge on any atom is -0.661 e. The first-order chi connectivity index (χ1) is 3.93. The molecule has 0 unspecified atom stereocenters. The third-order valence-electron chi connectivity index (χ3n) is 0.940. The van der Waals surface area contributed by atoms with Gasteiger partial charge in [0.2, 0.25) is 0 Å². The van der Waals surface area contributed by atoms with Crippen LogP contribution in [0.3, 0.4) is 0 Å². The predicted molar refractivity (Wildman–Crippen MR) is 35.8 cm³/mol. The van der Waals surface area contributed by atoms with Crippen molar-refractivity contribution in [2.75, 3.05) is 5.23 Å². The number of anilines is 1. The van der Waals surface area contributed by atoms with Crippen molar-refractivity contribution in [3.05, 3.63) is 30.3 Å². The zero-order chi connectivity index (χ0) is 5.82. The summed E-state index contributed by atoms with van der Waals surface area (Å²) in [4.78, 5) is 0. The van der Waals surface area contributed by atoms with Crippen LogP contribution in [0.1, 0.15) is 0 Å². The number of hydrogen-bond acceptors (Lipinski definition) is 1. The van der Waals surface area contributed by atoms with E-state index >= 15 is 0 Å². The minimum atomic E-state index is 0.938. The Morgan fingerprint density at radius 2 is 1.75 bits per heavy atom. The van der Waals surface area contributed by atoms with Crippen LogP contribution in [0.25, 0.3) is 0 Å². The van der Waals surface area contributed by atoms with Gasteiger partial charge in [-0.1, -0.05) is 18.2 Å². The molecule has 0 aromatic heterocycles. The number of benzene rings is 1. The maximum Gasteiger partial charge on any atom is -0.0135 e. The monoisotopic (exact) mass is 103 g/mol. The normalized spacial score (nSPS) is 8.62. The summed E-state index contributed by atoms with van der Waals surface area (Å²) in [5.41, 5.74) is 0.938. The second-order valence-corrected chi connectivity index (χ2v) is 1.51. The van der Waals surface area contributed by atoms with E-state index in [1.54, 1.807) is 0 Å². The molecule has 0 heterocycles. The molecule has 1 aromatic rings. The molecule has 0 aliphatic rings. The van der Waals surface area contributed by atoms with Crippen LogP contribution < -0.4 is 5.23 Å². The van der Waals surface area contributed by atoms with Crippen LogP contribution in [0.4, 0.5) is 5.69 Å². The lowest BCUT2D eigenvalue weighted by Gasteiger charge is -2.09. The fourth-order valence-corrected chi connectivity index (χ4v) is 0.534. The fourth-order valence-electron chi connectivity index (χ4n) is 0.534. The third kappa shape index (κ3) is 1.03. The molecule has 1 rings (SSSR count). The van der Waals surface area contributed by atoms with Crippen molar-refractivity contribution in [2.24, 2.45) is 0 Å². The Labute approximate surface area is 50.2 Å². The van der Waals surface area contributed by atoms with Crippen LogP contribution in [0.5, 0.6) is 0 Å². The lowest BCUT2D eigenvalue weighted by molar-refractivity contribution is 1.68. The average Bonchev–Trinajstić information content (AvgIpc) is 1.90. The van der Waals surface area contributed by atoms with E-state index in [2.05, 4.69) is 5.23 Å². The quantitative estimate of drug-likeness (QED) is 0.526. The standard InChI is InChI=1S/C6H6BN/c7-8-6-4-2-1-3-5-6/h1-5,8H/q-1. The van der Waals surface area contributed by atoms with Crippen LogP contribution in [-0.4, -0.2) is 7.98 Å². The van der Waals surface area contributed by atoms with Gasteiger partial charge in [-0.15, -0.1) is 0 Å². The second kappa shape index (κ2) is 2.41. The van der Waals surface area contributed by atoms with Crippen LogP contribution >= 0.6 is 0 Å². The highest BCUT2D eigenvalue weighted by Gasteiger charge is 1.72. The van der Waals surface area contributed by atoms with Crippen molar-refractivity contribution in [2.45, 2.75) is 0 Å². The summed E-state index contributed by atoms with van der Waals surface area (Å²) >= 11 is 0. The van der Waals surface area contributed by atoms with Crippen molar-refractivity contribution in [3.63, 3.8) is 0 Å². The van der Waals surface area contributed by atoms with Crippen LogP contribution in [0, 0.1) is 0 Å². The molecule has 1 nitrogen and oxygen atoms in total. The first kappa shape index (κ1) is 5.23. The van der Waals surface area contributed by atoms with Crippen molar-refractivity contribution in [1.29, 1.82) is 0 Å². The predicted octanol–water partition coefficient (Wildman–Crippen LogP) is 1.18. The molecular formula is C6H6BN-. The van der Waals surface area contributed by atoms with Gasteiger partial charge in [0.15, 0.2) is 0 Å². The first-order valence-corrected chi connectivity index (χ1v) is 2.45. The van der Waals surface area contributed by atoms with E-state index < -0.39 is 0 Å². The molecule has 0 spiro atoms. The van der Waals surface area contributed by atoms with Crippen molar-refractivity contribution >= 4 is 13.7 Å². The van der Waals surface area contributed by atoms with Crippen molar-refractivity contribution in [1.82, 2.24) is 0 Å². The molecule has 3 radical (unpaired) electrons. The Morgan fingerprint density at radius 3 is 2.12 bits per heavy atom. The smallest absolute Gasteiger partial charge is 0.0135 e. The largest absolute Gasteiger partial charge is 0.661 e. The molecule has 0 fully saturated rings. The van der Waals surface area contributed by atoms with Crippen LogP contribution in [0.15, 0.2) is 30.3 Å². The van der Waals surface area contributed by atoms with Gasteiger partial charge < -0.3 is 13.2 Å². The highest BCUT2D eigenvalue weighted by molar-refractivity contribution is 6.15. The highest BCUT2D eigenvalue weighted by atomic mass is 14.7. The molecule has 0 aliphatic heterocycles. The van der Waals surface area contributed by atoms with E-state index in [1.165, 1.54) is 0 Å². The lowest BCUT2D eigenvalue weighted by atomic mass is 10.3. The van der Waals surface area contributed by atoms with Gasteiger partial charge in [-0.2, -0.15) is 0 Å². The number of para-hydroxylation sites is 1. The zero-order valence-corrected chi connectivity index (χ0v) is 4.46. The summed E-state index contributed by atoms with van der Waals surface area (Å²) < 4.78 is 0. The third-order valence-corrected chi connectivity index (χ3v) is 0.940. The van der Waals surface area contributed by atoms with E-state index in [9.17, 15) is 0 Å². The Bertz CT molecular complexity index is 150. The van der Waals surface area contributed by atoms with Crippen LogP contribution in [-0.2, 0) is 0 Å². The van der Waals surface area contributed by atoms with Gasteiger partial charge in [-0.25, -0.2) is 0 Å². The summed E-state index contributed by atoms with van der Waals surface area (Å²) in [6.07, 6.45) is 0. The Hall–Kier alpha value is -0.915. The van der Waals surface area contributed by atoms with Gasteiger partial charge in [0.05, 0.1) is 0 Å². The first-order valence-electron chi connectivity index (χ1n) is 2.45. The topological polar surface area (TPSA) is 12.0 Å². The molecule has 1 aromatic carbocycles. The molecule has 0 saturated carbocycles. The molecule has 0 atom stereocenters. The van der Waals surface area contributed by atoms with E-state index in [4.69, 9.17) is 7.98 Å². The van der Waals surface area contributed by atoms with E-state index in [0.717, 1.165) is 5.69 Å². The summed E-state index contributed by atoms with van der Waals surface area (Å²) in [6.45, 7) is 0. The number of hydrogen-bond donors (Lipinski definition) is 1. The van der Waals surface area contributed by atoms with Gasteiger partial charge in [-0.05, 0) is 17.8 Å². The Kier molecular flexibility index (Phi) is 1.57. The number of rotatable bonds is 1. The summed E-state index contributed by atoms with van der Waals surface area (Å²) in [7, 11) is 5.10. The molecule has 39 valence electrons. The summed E-state index contributed by atoms with van der Waals surface area (Å²) in [5.74, 6) is 0. The zero-order valence-electron chi connectivity index (χ0n) is 4.46. The van der Waals surface area contributed by atoms with Gasteiger partial charge in [0, 0.05) is 0 Å². The van der Waals surface area contributed by atoms with Gasteiger partial charge in [-0.3, -0.25) is 0 Å². The van der Waals surface area contributed by atoms with E-state index in [0.29, 0.717) is 0 Å². The SMILES string of the molecule is [B-]Nc1ccccc1. The molecule has 0 bridgehead atoms. The molecule has 0 saturated heterocycles. The van der Waals surface area contributed by atoms with E-state index in [1.807, 2.05) is 30.3 Å². The molecule has 2 heteroatoms. The summed E-state index contributed by atoms with van der Waals surface area (Å²) in [5, 5.41) is 2.53. The van der Waals surface area contributed by atoms with Crippen molar-refractivity contribution in [3.8, 4) is 0 Å². The maximum atomic E-state index is 5.10. The average molecular weight is 103 g/mol. The molecule has 1 N–H and O–H groups in total. The van der Waals surface area contributed by atoms with E-state index in [-0.39, 0.29) is 0 Å². The minimum absolute atomic E-state index is 0.938. The Morgan fingerprint density at radius 1 is 1.12 bits per heavy atom. The van der Waals surface area contributed by atoms with Gasteiger partial charge in [0.25, 0.3) is 0 Å². The Balaban J connectivity index is 2.83. The van der Waals surface area contributed by atoms with Gasteiger partial charge >= 0.3 is 0 Å². The van der Waals surface area contributed by atoms with Crippen LogP contribution in [0.2, 0.25) is 0 Å². The molecule has 0 amide bonds. The molecule has 8 heavy (non-hydrogen) atoms. The molecule has 0 aliphatic carbocycles. The summed E-state index contributed by atoms with van der Waals surface area (Å²) in [6, 6.07) is 9.60. The van der Waals surface area contributed by atoms with Crippen molar-refractivity contribution < 1.29 is 0 Å². The second-order valence-electron chi connectivity index (χ2n) is 1.51. The maximum absolute atomic E-state index is 5.10. The molecular weight excluding hydrogens is 96.9 g/mol. The fraction of sp³-hybridized carbons (Fsp3) is 0. The lowest BCUT2D eigenvalue weighted by Crippen LogP contribution is -1.87. The highest BCUT2D eigenvalue weighted by Crippen LogP contribution is 2.01. The number of nitrogens with one attached hydrogen (secondary N) is 1. The van der Waals surface area contributed by atoms with Gasteiger partial charge in [0.1, 0.15) is 0 Å².